The number of esters is 1. The van der Waals surface area contributed by atoms with E-state index in [-0.39, 0.29) is 5.97 Å². The van der Waals surface area contributed by atoms with Crippen molar-refractivity contribution in [2.24, 2.45) is 11.8 Å². The Kier molecular flexibility index (Phi) is 3.31. The van der Waals surface area contributed by atoms with Gasteiger partial charge in [-0.1, -0.05) is 11.3 Å². The minimum absolute atomic E-state index is 0.296. The molecule has 0 N–H and O–H groups in total. The third-order valence-electron chi connectivity index (χ3n) is 4.74. The Hall–Kier alpha value is -1.66. The second-order valence-corrected chi connectivity index (χ2v) is 7.33. The molecule has 0 amide bonds. The number of carbonyl (C=O) groups is 1. The maximum absolute atomic E-state index is 11.6. The molecule has 2 aliphatic rings. The molecule has 5 nitrogen and oxygen atoms in total. The zero-order valence-corrected chi connectivity index (χ0v) is 13.6. The van der Waals surface area contributed by atoms with Gasteiger partial charge in [-0.25, -0.2) is 9.78 Å². The molecule has 2 atom stereocenters. The summed E-state index contributed by atoms with van der Waals surface area (Å²) in [5.74, 6) is 1.24. The van der Waals surface area contributed by atoms with Gasteiger partial charge in [0.15, 0.2) is 5.13 Å². The highest BCUT2D eigenvalue weighted by Gasteiger charge is 2.39. The molecular weight excluding hydrogens is 298 g/mol. The number of ether oxygens (including phenoxy) is 1. The summed E-state index contributed by atoms with van der Waals surface area (Å²) in [5.41, 5.74) is 1.55. The minimum atomic E-state index is -0.296. The average Bonchev–Trinajstić information content (AvgIpc) is 3.16. The summed E-state index contributed by atoms with van der Waals surface area (Å²) in [4.78, 5) is 21.2. The Labute approximate surface area is 133 Å². The molecule has 1 aromatic carbocycles. The van der Waals surface area contributed by atoms with Gasteiger partial charge in [0.1, 0.15) is 0 Å². The summed E-state index contributed by atoms with van der Waals surface area (Å²) in [5, 5.41) is 1.08. The second kappa shape index (κ2) is 5.21. The molecule has 0 unspecified atom stereocenters. The van der Waals surface area contributed by atoms with Gasteiger partial charge in [0.05, 0.1) is 22.9 Å². The largest absolute Gasteiger partial charge is 0.465 e. The minimum Gasteiger partial charge on any atom is -0.465 e. The van der Waals surface area contributed by atoms with E-state index >= 15 is 0 Å². The van der Waals surface area contributed by atoms with Crippen molar-refractivity contribution >= 4 is 32.7 Å². The van der Waals surface area contributed by atoms with E-state index in [1.54, 1.807) is 17.4 Å². The van der Waals surface area contributed by atoms with Crippen LogP contribution >= 0.6 is 11.3 Å². The molecule has 6 heteroatoms. The van der Waals surface area contributed by atoms with Crippen LogP contribution in [-0.2, 0) is 4.74 Å². The highest BCUT2D eigenvalue weighted by atomic mass is 32.1. The third-order valence-corrected chi connectivity index (χ3v) is 5.82. The van der Waals surface area contributed by atoms with Gasteiger partial charge in [-0.2, -0.15) is 0 Å². The summed E-state index contributed by atoms with van der Waals surface area (Å²) in [6.45, 7) is 4.58. The summed E-state index contributed by atoms with van der Waals surface area (Å²) in [6.07, 6.45) is 0. The molecule has 0 radical (unpaired) electrons. The lowest BCUT2D eigenvalue weighted by Gasteiger charge is -2.17. The summed E-state index contributed by atoms with van der Waals surface area (Å²) in [6, 6.07) is 5.57. The van der Waals surface area contributed by atoms with Crippen LogP contribution in [0.15, 0.2) is 18.2 Å². The quantitative estimate of drug-likeness (QED) is 0.794. The molecule has 0 saturated carbocycles. The fourth-order valence-electron chi connectivity index (χ4n) is 3.68. The van der Waals surface area contributed by atoms with Gasteiger partial charge in [-0.05, 0) is 37.1 Å². The highest BCUT2D eigenvalue weighted by Crippen LogP contribution is 2.37. The lowest BCUT2D eigenvalue weighted by atomic mass is 10.0. The van der Waals surface area contributed by atoms with E-state index in [0.717, 1.165) is 40.3 Å². The number of nitrogens with zero attached hydrogens (tertiary/aromatic N) is 3. The van der Waals surface area contributed by atoms with Crippen molar-refractivity contribution in [2.75, 3.05) is 45.2 Å². The van der Waals surface area contributed by atoms with Gasteiger partial charge >= 0.3 is 5.97 Å². The molecule has 0 bridgehead atoms. The van der Waals surface area contributed by atoms with Crippen LogP contribution in [0.1, 0.15) is 10.4 Å². The summed E-state index contributed by atoms with van der Waals surface area (Å²) >= 11 is 1.67. The van der Waals surface area contributed by atoms with Crippen LogP contribution in [0, 0.1) is 11.8 Å². The van der Waals surface area contributed by atoms with E-state index < -0.39 is 0 Å². The number of benzene rings is 1. The standard InChI is InChI=1S/C16H19N3O2S/c1-18-6-11-8-19(9-12(11)7-18)16-17-13-4-3-10(15(20)21-2)5-14(13)22-16/h3-5,11-12H,6-9H2,1-2H3/t11-,12+. The first-order valence-corrected chi connectivity index (χ1v) is 8.38. The van der Waals surface area contributed by atoms with Gasteiger partial charge in [0.25, 0.3) is 0 Å². The maximum atomic E-state index is 11.6. The van der Waals surface area contributed by atoms with E-state index in [1.807, 2.05) is 12.1 Å². The lowest BCUT2D eigenvalue weighted by molar-refractivity contribution is 0.0601. The normalized spacial score (nSPS) is 24.9. The van der Waals surface area contributed by atoms with E-state index in [0.29, 0.717) is 5.56 Å². The molecule has 2 fully saturated rings. The van der Waals surface area contributed by atoms with Crippen LogP contribution in [0.4, 0.5) is 5.13 Å². The Bertz CT molecular complexity index is 715. The predicted octanol–water partition coefficient (Wildman–Crippen LogP) is 2.08. The number of hydrogen-bond donors (Lipinski definition) is 0. The zero-order valence-electron chi connectivity index (χ0n) is 12.8. The number of hydrogen-bond acceptors (Lipinski definition) is 6. The Morgan fingerprint density at radius 3 is 2.68 bits per heavy atom. The van der Waals surface area contributed by atoms with Crippen LogP contribution in [0.25, 0.3) is 10.2 Å². The molecule has 3 heterocycles. The monoisotopic (exact) mass is 317 g/mol. The van der Waals surface area contributed by atoms with Gasteiger partial charge in [-0.15, -0.1) is 0 Å². The van der Waals surface area contributed by atoms with Crippen molar-refractivity contribution in [3.05, 3.63) is 23.8 Å². The van der Waals surface area contributed by atoms with Gasteiger partial charge < -0.3 is 14.5 Å². The smallest absolute Gasteiger partial charge is 0.337 e. The number of anilines is 1. The van der Waals surface area contributed by atoms with E-state index in [9.17, 15) is 4.79 Å². The van der Waals surface area contributed by atoms with Crippen LogP contribution < -0.4 is 4.90 Å². The first-order chi connectivity index (χ1) is 10.6. The molecule has 22 heavy (non-hydrogen) atoms. The fourth-order valence-corrected chi connectivity index (χ4v) is 4.70. The summed E-state index contributed by atoms with van der Waals surface area (Å²) in [7, 11) is 3.61. The highest BCUT2D eigenvalue weighted by molar-refractivity contribution is 7.22. The van der Waals surface area contributed by atoms with Gasteiger partial charge in [-0.3, -0.25) is 0 Å². The number of carbonyl (C=O) groups excluding carboxylic acids is 1. The Morgan fingerprint density at radius 2 is 2.00 bits per heavy atom. The van der Waals surface area contributed by atoms with Crippen LogP contribution in [-0.4, -0.2) is 56.2 Å². The fraction of sp³-hybridized carbons (Fsp3) is 0.500. The van der Waals surface area contributed by atoms with Crippen molar-refractivity contribution in [3.63, 3.8) is 0 Å². The summed E-state index contributed by atoms with van der Waals surface area (Å²) < 4.78 is 5.83. The van der Waals surface area contributed by atoms with Crippen LogP contribution in [0.5, 0.6) is 0 Å². The Morgan fingerprint density at radius 1 is 1.27 bits per heavy atom. The second-order valence-electron chi connectivity index (χ2n) is 6.32. The zero-order chi connectivity index (χ0) is 15.3. The SMILES string of the molecule is COC(=O)c1ccc2nc(N3C[C@H]4CN(C)C[C@H]4C3)sc2c1. The van der Waals surface area contributed by atoms with Crippen molar-refractivity contribution in [1.29, 1.82) is 0 Å². The topological polar surface area (TPSA) is 45.7 Å². The first kappa shape index (κ1) is 14.0. The molecule has 0 spiro atoms. The number of fused-ring (bicyclic) bond motifs is 2. The molecule has 2 aromatic rings. The van der Waals surface area contributed by atoms with Crippen LogP contribution in [0.2, 0.25) is 0 Å². The van der Waals surface area contributed by atoms with Crippen molar-refractivity contribution < 1.29 is 9.53 Å². The molecule has 1 aromatic heterocycles. The molecular formula is C16H19N3O2S. The van der Waals surface area contributed by atoms with E-state index in [2.05, 4.69) is 16.8 Å². The van der Waals surface area contributed by atoms with E-state index in [4.69, 9.17) is 9.72 Å². The predicted molar refractivity (Wildman–Crippen MR) is 87.6 cm³/mol. The van der Waals surface area contributed by atoms with Crippen molar-refractivity contribution in [3.8, 4) is 0 Å². The maximum Gasteiger partial charge on any atom is 0.337 e. The molecule has 2 aliphatic heterocycles. The molecule has 2 saturated heterocycles. The average molecular weight is 317 g/mol. The third kappa shape index (κ3) is 2.27. The Balaban J connectivity index is 1.60. The first-order valence-electron chi connectivity index (χ1n) is 7.56. The van der Waals surface area contributed by atoms with Crippen LogP contribution in [0.3, 0.4) is 0 Å². The number of aromatic nitrogens is 1. The number of likely N-dealkylation sites (tertiary alicyclic amines) is 1. The van der Waals surface area contributed by atoms with Gasteiger partial charge in [0, 0.05) is 26.2 Å². The number of rotatable bonds is 2. The molecule has 4 rings (SSSR count). The molecule has 116 valence electrons. The van der Waals surface area contributed by atoms with E-state index in [1.165, 1.54) is 20.2 Å². The van der Waals surface area contributed by atoms with Crippen molar-refractivity contribution in [2.45, 2.75) is 0 Å². The lowest BCUT2D eigenvalue weighted by Crippen LogP contribution is -2.26. The molecule has 0 aliphatic carbocycles. The van der Waals surface area contributed by atoms with Crippen molar-refractivity contribution in [1.82, 2.24) is 9.88 Å². The number of methoxy groups -OCH3 is 1. The van der Waals surface area contributed by atoms with Gasteiger partial charge in [0.2, 0.25) is 0 Å². The number of thiazole rings is 1.